The van der Waals surface area contributed by atoms with Gasteiger partial charge in [-0.1, -0.05) is 0 Å². The zero-order valence-electron chi connectivity index (χ0n) is 9.07. The van der Waals surface area contributed by atoms with Crippen molar-refractivity contribution in [1.29, 1.82) is 0 Å². The SMILES string of the molecule is COc1ccc(C(=O)OCSC)c(C)c1. The molecule has 15 heavy (non-hydrogen) atoms. The second kappa shape index (κ2) is 5.66. The van der Waals surface area contributed by atoms with Crippen LogP contribution in [0.4, 0.5) is 0 Å². The number of thioether (sulfide) groups is 1. The Morgan fingerprint density at radius 3 is 2.73 bits per heavy atom. The van der Waals surface area contributed by atoms with Gasteiger partial charge in [0.05, 0.1) is 12.7 Å². The molecule has 0 spiro atoms. The monoisotopic (exact) mass is 226 g/mol. The van der Waals surface area contributed by atoms with Gasteiger partial charge in [-0.05, 0) is 36.9 Å². The van der Waals surface area contributed by atoms with Gasteiger partial charge in [0.2, 0.25) is 0 Å². The molecule has 0 aliphatic heterocycles. The minimum atomic E-state index is -0.287. The van der Waals surface area contributed by atoms with Crippen molar-refractivity contribution in [3.8, 4) is 5.75 Å². The molecule has 0 saturated carbocycles. The van der Waals surface area contributed by atoms with Gasteiger partial charge in [-0.25, -0.2) is 4.79 Å². The molecule has 3 nitrogen and oxygen atoms in total. The highest BCUT2D eigenvalue weighted by molar-refractivity contribution is 7.98. The topological polar surface area (TPSA) is 35.5 Å². The number of benzene rings is 1. The molecule has 1 rings (SSSR count). The second-order valence-electron chi connectivity index (χ2n) is 3.02. The zero-order chi connectivity index (χ0) is 11.3. The lowest BCUT2D eigenvalue weighted by atomic mass is 10.1. The van der Waals surface area contributed by atoms with Crippen molar-refractivity contribution in [2.45, 2.75) is 6.92 Å². The van der Waals surface area contributed by atoms with Gasteiger partial charge < -0.3 is 9.47 Å². The number of carbonyl (C=O) groups excluding carboxylic acids is 1. The highest BCUT2D eigenvalue weighted by Gasteiger charge is 2.10. The van der Waals surface area contributed by atoms with E-state index in [1.54, 1.807) is 19.2 Å². The first-order valence-corrected chi connectivity index (χ1v) is 5.89. The molecule has 0 atom stereocenters. The minimum absolute atomic E-state index is 0.287. The van der Waals surface area contributed by atoms with Crippen molar-refractivity contribution in [1.82, 2.24) is 0 Å². The third-order valence-corrected chi connectivity index (χ3v) is 2.31. The van der Waals surface area contributed by atoms with Gasteiger partial charge in [-0.2, -0.15) is 0 Å². The fraction of sp³-hybridized carbons (Fsp3) is 0.364. The molecule has 0 bridgehead atoms. The van der Waals surface area contributed by atoms with E-state index >= 15 is 0 Å². The Hall–Kier alpha value is -1.16. The van der Waals surface area contributed by atoms with Crippen molar-refractivity contribution >= 4 is 17.7 Å². The molecule has 0 aromatic heterocycles. The summed E-state index contributed by atoms with van der Waals surface area (Å²) >= 11 is 1.47. The predicted octanol–water partition coefficient (Wildman–Crippen LogP) is 2.48. The van der Waals surface area contributed by atoms with Crippen LogP contribution in [-0.2, 0) is 4.74 Å². The van der Waals surface area contributed by atoms with E-state index in [0.29, 0.717) is 11.5 Å². The average molecular weight is 226 g/mol. The Morgan fingerprint density at radius 2 is 2.20 bits per heavy atom. The molecule has 0 heterocycles. The number of ether oxygens (including phenoxy) is 2. The average Bonchev–Trinajstić information content (AvgIpc) is 2.25. The minimum Gasteiger partial charge on any atom is -0.497 e. The van der Waals surface area contributed by atoms with Gasteiger partial charge in [-0.3, -0.25) is 0 Å². The Balaban J connectivity index is 2.81. The van der Waals surface area contributed by atoms with E-state index in [9.17, 15) is 4.79 Å². The van der Waals surface area contributed by atoms with Crippen LogP contribution in [0.15, 0.2) is 18.2 Å². The summed E-state index contributed by atoms with van der Waals surface area (Å²) in [4.78, 5) is 11.5. The summed E-state index contributed by atoms with van der Waals surface area (Å²) in [6.45, 7) is 1.86. The summed E-state index contributed by atoms with van der Waals surface area (Å²) in [5.74, 6) is 0.836. The van der Waals surface area contributed by atoms with Crippen LogP contribution < -0.4 is 4.74 Å². The summed E-state index contributed by atoms with van der Waals surface area (Å²) in [6, 6.07) is 5.29. The van der Waals surface area contributed by atoms with Gasteiger partial charge in [-0.15, -0.1) is 11.8 Å². The van der Waals surface area contributed by atoms with Crippen LogP contribution in [0.1, 0.15) is 15.9 Å². The van der Waals surface area contributed by atoms with Gasteiger partial charge in [0.25, 0.3) is 0 Å². The Bertz CT molecular complexity index is 350. The van der Waals surface area contributed by atoms with Crippen molar-refractivity contribution < 1.29 is 14.3 Å². The number of hydrogen-bond donors (Lipinski definition) is 0. The number of hydrogen-bond acceptors (Lipinski definition) is 4. The number of methoxy groups -OCH3 is 1. The first-order valence-electron chi connectivity index (χ1n) is 4.49. The van der Waals surface area contributed by atoms with Crippen molar-refractivity contribution in [2.24, 2.45) is 0 Å². The maximum absolute atomic E-state index is 11.5. The lowest BCUT2D eigenvalue weighted by molar-refractivity contribution is 0.0578. The van der Waals surface area contributed by atoms with E-state index < -0.39 is 0 Å². The van der Waals surface area contributed by atoms with E-state index in [1.807, 2.05) is 19.2 Å². The summed E-state index contributed by atoms with van der Waals surface area (Å²) < 4.78 is 10.1. The van der Waals surface area contributed by atoms with Gasteiger partial charge in [0, 0.05) is 0 Å². The third-order valence-electron chi connectivity index (χ3n) is 1.96. The molecule has 0 saturated heterocycles. The van der Waals surface area contributed by atoms with Crippen LogP contribution in [-0.4, -0.2) is 25.3 Å². The molecule has 82 valence electrons. The standard InChI is InChI=1S/C11H14O3S/c1-8-6-9(13-2)4-5-10(8)11(12)14-7-15-3/h4-6H,7H2,1-3H3. The van der Waals surface area contributed by atoms with E-state index in [0.717, 1.165) is 11.3 Å². The van der Waals surface area contributed by atoms with Crippen LogP contribution in [0.25, 0.3) is 0 Å². The molecule has 0 radical (unpaired) electrons. The van der Waals surface area contributed by atoms with Gasteiger partial charge >= 0.3 is 5.97 Å². The van der Waals surface area contributed by atoms with Crippen molar-refractivity contribution in [3.63, 3.8) is 0 Å². The van der Waals surface area contributed by atoms with Crippen LogP contribution in [0.5, 0.6) is 5.75 Å². The van der Waals surface area contributed by atoms with Crippen LogP contribution in [0, 0.1) is 6.92 Å². The largest absolute Gasteiger partial charge is 0.497 e. The fourth-order valence-electron chi connectivity index (χ4n) is 1.18. The summed E-state index contributed by atoms with van der Waals surface area (Å²) in [6.07, 6.45) is 1.88. The fourth-order valence-corrected chi connectivity index (χ4v) is 1.41. The number of aryl methyl sites for hydroxylation is 1. The van der Waals surface area contributed by atoms with Crippen molar-refractivity contribution in [2.75, 3.05) is 19.3 Å². The summed E-state index contributed by atoms with van der Waals surface area (Å²) in [5.41, 5.74) is 1.45. The molecule has 0 unspecified atom stereocenters. The predicted molar refractivity (Wildman–Crippen MR) is 61.5 cm³/mol. The third kappa shape index (κ3) is 3.16. The molecule has 1 aromatic rings. The molecule has 0 fully saturated rings. The number of carbonyl (C=O) groups is 1. The van der Waals surface area contributed by atoms with Crippen molar-refractivity contribution in [3.05, 3.63) is 29.3 Å². The molecule has 1 aromatic carbocycles. The van der Waals surface area contributed by atoms with E-state index in [1.165, 1.54) is 11.8 Å². The van der Waals surface area contributed by atoms with Gasteiger partial charge in [0.1, 0.15) is 11.7 Å². The molecule has 0 aliphatic carbocycles. The van der Waals surface area contributed by atoms with Crippen LogP contribution in [0.3, 0.4) is 0 Å². The lowest BCUT2D eigenvalue weighted by Gasteiger charge is -2.07. The molecule has 0 amide bonds. The Morgan fingerprint density at radius 1 is 1.47 bits per heavy atom. The first-order chi connectivity index (χ1) is 7.19. The molecular formula is C11H14O3S. The van der Waals surface area contributed by atoms with Gasteiger partial charge in [0.15, 0.2) is 0 Å². The Kier molecular flexibility index (Phi) is 4.49. The quantitative estimate of drug-likeness (QED) is 0.583. The smallest absolute Gasteiger partial charge is 0.339 e. The second-order valence-corrected chi connectivity index (χ2v) is 3.83. The molecule has 4 heteroatoms. The number of rotatable bonds is 4. The Labute approximate surface area is 93.8 Å². The normalized spacial score (nSPS) is 9.80. The van der Waals surface area contributed by atoms with E-state index in [2.05, 4.69) is 0 Å². The molecule has 0 N–H and O–H groups in total. The lowest BCUT2D eigenvalue weighted by Crippen LogP contribution is -2.06. The van der Waals surface area contributed by atoms with E-state index in [-0.39, 0.29) is 5.97 Å². The molecule has 0 aliphatic rings. The van der Waals surface area contributed by atoms with Crippen LogP contribution in [0.2, 0.25) is 0 Å². The number of esters is 1. The maximum atomic E-state index is 11.5. The summed E-state index contributed by atoms with van der Waals surface area (Å²) in [5, 5.41) is 0. The summed E-state index contributed by atoms with van der Waals surface area (Å²) in [7, 11) is 1.60. The highest BCUT2D eigenvalue weighted by atomic mass is 32.2. The van der Waals surface area contributed by atoms with E-state index in [4.69, 9.17) is 9.47 Å². The first kappa shape index (κ1) is 11.9. The highest BCUT2D eigenvalue weighted by Crippen LogP contribution is 2.17. The zero-order valence-corrected chi connectivity index (χ0v) is 9.89. The van der Waals surface area contributed by atoms with Crippen LogP contribution >= 0.6 is 11.8 Å². The molecular weight excluding hydrogens is 212 g/mol. The maximum Gasteiger partial charge on any atom is 0.339 e.